The van der Waals surface area contributed by atoms with E-state index in [-0.39, 0.29) is 15.8 Å². The first-order chi connectivity index (χ1) is 9.61. The Labute approximate surface area is 128 Å². The molecule has 0 aromatic carbocycles. The molecule has 1 heterocycles. The van der Waals surface area contributed by atoms with Crippen LogP contribution in [0.1, 0.15) is 35.5 Å². The fraction of sp³-hybridized carbons (Fsp3) is 0.615. The van der Waals surface area contributed by atoms with Crippen molar-refractivity contribution in [2.45, 2.75) is 44.2 Å². The number of carbonyl (C=O) groups is 1. The van der Waals surface area contributed by atoms with Crippen LogP contribution >= 0.6 is 11.3 Å². The van der Waals surface area contributed by atoms with E-state index in [1.165, 1.54) is 7.11 Å². The van der Waals surface area contributed by atoms with E-state index in [4.69, 9.17) is 0 Å². The highest BCUT2D eigenvalue weighted by molar-refractivity contribution is 7.89. The third-order valence-electron chi connectivity index (χ3n) is 4.07. The molecule has 1 aliphatic carbocycles. The number of nitrogens with one attached hydrogen (secondary N) is 1. The summed E-state index contributed by atoms with van der Waals surface area (Å²) in [6.07, 6.45) is -0.169. The zero-order chi connectivity index (χ0) is 16.0. The maximum Gasteiger partial charge on any atom is 0.349 e. The molecule has 2 unspecified atom stereocenters. The molecular formula is C13H19NO5S2. The minimum atomic E-state index is -3.84. The number of ether oxygens (including phenoxy) is 1. The molecule has 1 aromatic heterocycles. The number of aliphatic hydroxyl groups is 1. The van der Waals surface area contributed by atoms with Gasteiger partial charge in [-0.15, -0.1) is 11.3 Å². The standard InChI is InChI=1S/C13H19NO5S2/c1-7-6-20-10(12(16)19-4)11(7)21(17,18)14-8-5-9(15)13(8,2)3/h6,8-9,14-15H,5H2,1-4H3. The van der Waals surface area contributed by atoms with Gasteiger partial charge in [0.05, 0.1) is 13.2 Å². The van der Waals surface area contributed by atoms with Crippen molar-refractivity contribution in [1.29, 1.82) is 0 Å². The monoisotopic (exact) mass is 333 g/mol. The Kier molecular flexibility index (Phi) is 4.18. The van der Waals surface area contributed by atoms with Gasteiger partial charge in [0, 0.05) is 11.5 Å². The second-order valence-corrected chi connectivity index (χ2v) is 8.35. The Bertz CT molecular complexity index is 662. The molecule has 6 nitrogen and oxygen atoms in total. The van der Waals surface area contributed by atoms with Crippen molar-refractivity contribution in [1.82, 2.24) is 4.72 Å². The van der Waals surface area contributed by atoms with Gasteiger partial charge in [-0.05, 0) is 24.3 Å². The summed E-state index contributed by atoms with van der Waals surface area (Å²) in [6.45, 7) is 5.24. The number of hydrogen-bond donors (Lipinski definition) is 2. The second-order valence-electron chi connectivity index (χ2n) is 5.82. The minimum absolute atomic E-state index is 0.0310. The maximum atomic E-state index is 12.6. The van der Waals surface area contributed by atoms with Crippen molar-refractivity contribution in [2.75, 3.05) is 7.11 Å². The van der Waals surface area contributed by atoms with Gasteiger partial charge in [0.15, 0.2) is 0 Å². The van der Waals surface area contributed by atoms with Crippen LogP contribution in [0.4, 0.5) is 0 Å². The number of esters is 1. The van der Waals surface area contributed by atoms with E-state index in [0.29, 0.717) is 12.0 Å². The first-order valence-corrected chi connectivity index (χ1v) is 8.84. The van der Waals surface area contributed by atoms with Crippen LogP contribution < -0.4 is 4.72 Å². The average Bonchev–Trinajstić information content (AvgIpc) is 2.80. The van der Waals surface area contributed by atoms with Crippen molar-refractivity contribution in [3.63, 3.8) is 0 Å². The SMILES string of the molecule is COC(=O)c1scc(C)c1S(=O)(=O)NC1CC(O)C1(C)C. The quantitative estimate of drug-likeness (QED) is 0.810. The van der Waals surface area contributed by atoms with E-state index in [1.54, 1.807) is 26.2 Å². The Morgan fingerprint density at radius 2 is 2.14 bits per heavy atom. The van der Waals surface area contributed by atoms with Gasteiger partial charge in [0.1, 0.15) is 9.77 Å². The molecule has 1 aromatic rings. The van der Waals surface area contributed by atoms with E-state index >= 15 is 0 Å². The van der Waals surface area contributed by atoms with E-state index < -0.39 is 27.5 Å². The molecule has 1 aliphatic rings. The Balaban J connectivity index is 2.33. The zero-order valence-corrected chi connectivity index (χ0v) is 14.0. The summed E-state index contributed by atoms with van der Waals surface area (Å²) >= 11 is 1.05. The van der Waals surface area contributed by atoms with Gasteiger partial charge in [0.2, 0.25) is 10.0 Å². The molecule has 0 bridgehead atoms. The molecule has 0 radical (unpaired) electrons. The molecule has 118 valence electrons. The number of hydrogen-bond acceptors (Lipinski definition) is 6. The summed E-state index contributed by atoms with van der Waals surface area (Å²) in [7, 11) is -2.62. The van der Waals surface area contributed by atoms with Gasteiger partial charge in [-0.2, -0.15) is 0 Å². The third kappa shape index (κ3) is 2.73. The smallest absolute Gasteiger partial charge is 0.349 e. The van der Waals surface area contributed by atoms with Gasteiger partial charge >= 0.3 is 5.97 Å². The number of aliphatic hydroxyl groups excluding tert-OH is 1. The van der Waals surface area contributed by atoms with Crippen molar-refractivity contribution in [3.05, 3.63) is 15.8 Å². The molecular weight excluding hydrogens is 314 g/mol. The summed E-state index contributed by atoms with van der Waals surface area (Å²) in [5.74, 6) is -0.665. The lowest BCUT2D eigenvalue weighted by atomic mass is 9.65. The van der Waals surface area contributed by atoms with Crippen LogP contribution in [-0.4, -0.2) is 38.7 Å². The van der Waals surface area contributed by atoms with Crippen LogP contribution in [0, 0.1) is 12.3 Å². The van der Waals surface area contributed by atoms with Crippen LogP contribution in [0.2, 0.25) is 0 Å². The fourth-order valence-electron chi connectivity index (χ4n) is 2.35. The Morgan fingerprint density at radius 1 is 1.52 bits per heavy atom. The van der Waals surface area contributed by atoms with Gasteiger partial charge in [-0.1, -0.05) is 13.8 Å². The van der Waals surface area contributed by atoms with Crippen LogP contribution in [-0.2, 0) is 14.8 Å². The number of aryl methyl sites for hydroxylation is 1. The van der Waals surface area contributed by atoms with Crippen LogP contribution in [0.5, 0.6) is 0 Å². The highest BCUT2D eigenvalue weighted by atomic mass is 32.2. The summed E-state index contributed by atoms with van der Waals surface area (Å²) in [6, 6.07) is -0.359. The molecule has 1 saturated carbocycles. The molecule has 1 fully saturated rings. The highest BCUT2D eigenvalue weighted by Crippen LogP contribution is 2.41. The number of thiophene rings is 1. The van der Waals surface area contributed by atoms with Crippen LogP contribution in [0.25, 0.3) is 0 Å². The highest BCUT2D eigenvalue weighted by Gasteiger charge is 2.49. The summed E-state index contributed by atoms with van der Waals surface area (Å²) in [5, 5.41) is 11.3. The summed E-state index contributed by atoms with van der Waals surface area (Å²) in [5.41, 5.74) is -0.0202. The van der Waals surface area contributed by atoms with E-state index in [2.05, 4.69) is 9.46 Å². The average molecular weight is 333 g/mol. The minimum Gasteiger partial charge on any atom is -0.465 e. The van der Waals surface area contributed by atoms with Crippen molar-refractivity contribution >= 4 is 27.3 Å². The molecule has 0 aliphatic heterocycles. The maximum absolute atomic E-state index is 12.6. The van der Waals surface area contributed by atoms with E-state index in [1.807, 2.05) is 0 Å². The molecule has 8 heteroatoms. The molecule has 2 N–H and O–H groups in total. The molecule has 21 heavy (non-hydrogen) atoms. The predicted molar refractivity (Wildman–Crippen MR) is 78.9 cm³/mol. The van der Waals surface area contributed by atoms with Crippen LogP contribution in [0.3, 0.4) is 0 Å². The summed E-state index contributed by atoms with van der Waals surface area (Å²) < 4.78 is 32.3. The molecule has 0 amide bonds. The number of sulfonamides is 1. The van der Waals surface area contributed by atoms with Gasteiger partial charge in [-0.25, -0.2) is 17.9 Å². The van der Waals surface area contributed by atoms with Crippen molar-refractivity contribution in [2.24, 2.45) is 5.41 Å². The van der Waals surface area contributed by atoms with Gasteiger partial charge in [-0.3, -0.25) is 0 Å². The Morgan fingerprint density at radius 3 is 2.62 bits per heavy atom. The normalized spacial score (nSPS) is 24.4. The second kappa shape index (κ2) is 5.35. The molecule has 0 saturated heterocycles. The molecule has 0 spiro atoms. The Hall–Kier alpha value is -0.960. The van der Waals surface area contributed by atoms with Gasteiger partial charge in [0.25, 0.3) is 0 Å². The zero-order valence-electron chi connectivity index (χ0n) is 12.3. The largest absolute Gasteiger partial charge is 0.465 e. The number of methoxy groups -OCH3 is 1. The first kappa shape index (κ1) is 16.4. The van der Waals surface area contributed by atoms with Crippen molar-refractivity contribution < 1.29 is 23.1 Å². The third-order valence-corrected chi connectivity index (χ3v) is 6.94. The topological polar surface area (TPSA) is 92.7 Å². The number of carbonyl (C=O) groups excluding carboxylic acids is 1. The number of rotatable bonds is 4. The lowest BCUT2D eigenvalue weighted by Gasteiger charge is -2.49. The lowest BCUT2D eigenvalue weighted by molar-refractivity contribution is -0.0645. The van der Waals surface area contributed by atoms with Crippen molar-refractivity contribution in [3.8, 4) is 0 Å². The predicted octanol–water partition coefficient (Wildman–Crippen LogP) is 1.28. The van der Waals surface area contributed by atoms with Gasteiger partial charge < -0.3 is 9.84 Å². The van der Waals surface area contributed by atoms with E-state index in [9.17, 15) is 18.3 Å². The van der Waals surface area contributed by atoms with E-state index in [0.717, 1.165) is 11.3 Å². The van der Waals surface area contributed by atoms with Crippen LogP contribution in [0.15, 0.2) is 10.3 Å². The summed E-state index contributed by atoms with van der Waals surface area (Å²) in [4.78, 5) is 11.7. The first-order valence-electron chi connectivity index (χ1n) is 6.48. The molecule has 2 rings (SSSR count). The lowest BCUT2D eigenvalue weighted by Crippen LogP contribution is -2.61. The molecule has 2 atom stereocenters. The fourth-order valence-corrected chi connectivity index (χ4v) is 5.46.